The van der Waals surface area contributed by atoms with Crippen LogP contribution in [0.4, 0.5) is 0 Å². The monoisotopic (exact) mass is 359 g/mol. The van der Waals surface area contributed by atoms with Gasteiger partial charge in [-0.05, 0) is 33.6 Å². The van der Waals surface area contributed by atoms with Gasteiger partial charge in [-0.15, -0.1) is 11.3 Å². The number of thiazole rings is 1. The molecule has 6 nitrogen and oxygen atoms in total. The van der Waals surface area contributed by atoms with Crippen LogP contribution in [0.2, 0.25) is 0 Å². The van der Waals surface area contributed by atoms with E-state index in [1.54, 1.807) is 11.3 Å². The van der Waals surface area contributed by atoms with Crippen molar-refractivity contribution < 1.29 is 13.2 Å². The lowest BCUT2D eigenvalue weighted by atomic mass is 10.0. The summed E-state index contributed by atoms with van der Waals surface area (Å²) in [5, 5.41) is 2.88. The molecule has 0 spiro atoms. The molecule has 3 rings (SSSR count). The second-order valence-corrected chi connectivity index (χ2v) is 9.29. The normalized spacial score (nSPS) is 29.0. The Morgan fingerprint density at radius 3 is 2.43 bits per heavy atom. The van der Waals surface area contributed by atoms with E-state index in [2.05, 4.69) is 9.71 Å². The van der Waals surface area contributed by atoms with Crippen LogP contribution in [0.15, 0.2) is 5.38 Å². The Morgan fingerprint density at radius 1 is 1.30 bits per heavy atom. The number of rotatable bonds is 4. The largest absolute Gasteiger partial charge is 0.373 e. The molecule has 0 amide bonds. The van der Waals surface area contributed by atoms with Gasteiger partial charge in [-0.1, -0.05) is 12.8 Å². The Balaban J connectivity index is 1.85. The van der Waals surface area contributed by atoms with E-state index < -0.39 is 15.7 Å². The Hall–Kier alpha value is -0.540. The molecule has 1 N–H and O–H groups in total. The molecule has 0 bridgehead atoms. The number of aromatic nitrogens is 1. The Labute approximate surface area is 142 Å². The van der Waals surface area contributed by atoms with E-state index in [1.807, 2.05) is 26.2 Å². The third kappa shape index (κ3) is 3.61. The van der Waals surface area contributed by atoms with Crippen LogP contribution in [0.1, 0.15) is 50.2 Å². The molecule has 1 saturated carbocycles. The van der Waals surface area contributed by atoms with Gasteiger partial charge < -0.3 is 4.74 Å². The summed E-state index contributed by atoms with van der Waals surface area (Å²) in [4.78, 5) is 4.57. The predicted molar refractivity (Wildman–Crippen MR) is 90.6 cm³/mol. The van der Waals surface area contributed by atoms with Gasteiger partial charge in [0, 0.05) is 24.2 Å². The number of ether oxygens (including phenoxy) is 1. The molecule has 8 heteroatoms. The maximum absolute atomic E-state index is 13.0. The van der Waals surface area contributed by atoms with Crippen LogP contribution in [-0.2, 0) is 20.5 Å². The summed E-state index contributed by atoms with van der Waals surface area (Å²) < 4.78 is 36.1. The molecule has 130 valence electrons. The highest BCUT2D eigenvalue weighted by atomic mass is 32.2. The van der Waals surface area contributed by atoms with E-state index in [-0.39, 0.29) is 12.2 Å². The van der Waals surface area contributed by atoms with Crippen molar-refractivity contribution in [2.75, 3.05) is 13.1 Å². The van der Waals surface area contributed by atoms with Gasteiger partial charge in [0.1, 0.15) is 5.01 Å². The van der Waals surface area contributed by atoms with Crippen molar-refractivity contribution >= 4 is 21.5 Å². The summed E-state index contributed by atoms with van der Waals surface area (Å²) >= 11 is 1.55. The predicted octanol–water partition coefficient (Wildman–Crippen LogP) is 2.16. The number of nitrogens with one attached hydrogen (secondary N) is 1. The van der Waals surface area contributed by atoms with E-state index in [4.69, 9.17) is 4.74 Å². The molecular weight excluding hydrogens is 334 g/mol. The van der Waals surface area contributed by atoms with E-state index in [0.717, 1.165) is 36.4 Å². The molecule has 1 aromatic heterocycles. The van der Waals surface area contributed by atoms with Gasteiger partial charge in [-0.25, -0.2) is 4.98 Å². The quantitative estimate of drug-likeness (QED) is 0.894. The molecule has 2 fully saturated rings. The number of hydrogen-bond acceptors (Lipinski definition) is 5. The lowest BCUT2D eigenvalue weighted by Gasteiger charge is -2.37. The maximum atomic E-state index is 13.0. The van der Waals surface area contributed by atoms with Gasteiger partial charge in [0.25, 0.3) is 10.2 Å². The average molecular weight is 360 g/mol. The smallest absolute Gasteiger partial charge is 0.280 e. The van der Waals surface area contributed by atoms with E-state index in [9.17, 15) is 8.42 Å². The van der Waals surface area contributed by atoms with Crippen LogP contribution in [0.5, 0.6) is 0 Å². The molecule has 0 aromatic carbocycles. The highest BCUT2D eigenvalue weighted by molar-refractivity contribution is 7.87. The van der Waals surface area contributed by atoms with Gasteiger partial charge in [0.05, 0.1) is 17.7 Å². The van der Waals surface area contributed by atoms with Gasteiger partial charge >= 0.3 is 0 Å². The molecule has 2 heterocycles. The number of aryl methyl sites for hydroxylation is 1. The van der Waals surface area contributed by atoms with E-state index in [1.165, 1.54) is 4.31 Å². The SMILES string of the molecule is Cc1csc(C2(NS(=O)(=O)N3CC(C)OC(C)C3)CCCC2)n1. The Morgan fingerprint density at radius 2 is 1.91 bits per heavy atom. The van der Waals surface area contributed by atoms with Crippen molar-refractivity contribution in [1.82, 2.24) is 14.0 Å². The molecular formula is C15H25N3O3S2. The van der Waals surface area contributed by atoms with Gasteiger partial charge in [-0.2, -0.15) is 17.4 Å². The third-order valence-electron chi connectivity index (χ3n) is 4.54. The molecule has 2 aliphatic rings. The van der Waals surface area contributed by atoms with Crippen LogP contribution in [-0.4, -0.2) is 43.0 Å². The summed E-state index contributed by atoms with van der Waals surface area (Å²) in [6, 6.07) is 0. The molecule has 2 atom stereocenters. The minimum atomic E-state index is -3.56. The van der Waals surface area contributed by atoms with Crippen molar-refractivity contribution in [3.8, 4) is 0 Å². The summed E-state index contributed by atoms with van der Waals surface area (Å²) in [6.45, 7) is 6.56. The first kappa shape index (κ1) is 17.3. The standard InChI is InChI=1S/C15H25N3O3S2/c1-11-10-22-14(16-11)15(6-4-5-7-15)17-23(19,20)18-8-12(2)21-13(3)9-18/h10,12-13,17H,4-9H2,1-3H3. The van der Waals surface area contributed by atoms with Gasteiger partial charge in [0.15, 0.2) is 0 Å². The van der Waals surface area contributed by atoms with Crippen LogP contribution in [0.25, 0.3) is 0 Å². The molecule has 0 radical (unpaired) electrons. The van der Waals surface area contributed by atoms with Crippen LogP contribution in [0.3, 0.4) is 0 Å². The van der Waals surface area contributed by atoms with E-state index >= 15 is 0 Å². The molecule has 1 saturated heterocycles. The third-order valence-corrected chi connectivity index (χ3v) is 7.33. The van der Waals surface area contributed by atoms with Crippen molar-refractivity contribution in [3.05, 3.63) is 16.1 Å². The fraction of sp³-hybridized carbons (Fsp3) is 0.800. The zero-order valence-electron chi connectivity index (χ0n) is 13.9. The number of hydrogen-bond donors (Lipinski definition) is 1. The summed E-state index contributed by atoms with van der Waals surface area (Å²) in [5.74, 6) is 0. The first-order valence-corrected chi connectivity index (χ1v) is 10.5. The minimum Gasteiger partial charge on any atom is -0.373 e. The zero-order chi connectivity index (χ0) is 16.7. The highest BCUT2D eigenvalue weighted by Gasteiger charge is 2.44. The van der Waals surface area contributed by atoms with Crippen molar-refractivity contribution in [2.45, 2.75) is 64.2 Å². The minimum absolute atomic E-state index is 0.0861. The summed E-state index contributed by atoms with van der Waals surface area (Å²) in [6.07, 6.45) is 3.51. The Kier molecular flexibility index (Phi) is 4.81. The fourth-order valence-corrected chi connectivity index (χ4v) is 6.36. The lowest BCUT2D eigenvalue weighted by molar-refractivity contribution is -0.0446. The van der Waals surface area contributed by atoms with Crippen molar-refractivity contribution in [3.63, 3.8) is 0 Å². The molecule has 1 aromatic rings. The van der Waals surface area contributed by atoms with Crippen molar-refractivity contribution in [1.29, 1.82) is 0 Å². The van der Waals surface area contributed by atoms with Crippen LogP contribution in [0, 0.1) is 6.92 Å². The second-order valence-electron chi connectivity index (χ2n) is 6.76. The van der Waals surface area contributed by atoms with Crippen LogP contribution >= 0.6 is 11.3 Å². The fourth-order valence-electron chi connectivity index (χ4n) is 3.55. The van der Waals surface area contributed by atoms with Gasteiger partial charge in [-0.3, -0.25) is 0 Å². The first-order valence-electron chi connectivity index (χ1n) is 8.18. The van der Waals surface area contributed by atoms with Crippen molar-refractivity contribution in [2.24, 2.45) is 0 Å². The summed E-state index contributed by atoms with van der Waals surface area (Å²) in [7, 11) is -3.56. The molecule has 1 aliphatic heterocycles. The Bertz CT molecular complexity index is 643. The number of morpholine rings is 1. The highest BCUT2D eigenvalue weighted by Crippen LogP contribution is 2.41. The maximum Gasteiger partial charge on any atom is 0.280 e. The van der Waals surface area contributed by atoms with Crippen LogP contribution < -0.4 is 4.72 Å². The summed E-state index contributed by atoms with van der Waals surface area (Å²) in [5.41, 5.74) is 0.409. The first-order chi connectivity index (χ1) is 10.8. The average Bonchev–Trinajstić information content (AvgIpc) is 3.07. The molecule has 23 heavy (non-hydrogen) atoms. The lowest BCUT2D eigenvalue weighted by Crippen LogP contribution is -2.56. The second kappa shape index (κ2) is 6.40. The van der Waals surface area contributed by atoms with Gasteiger partial charge in [0.2, 0.25) is 0 Å². The zero-order valence-corrected chi connectivity index (χ0v) is 15.5. The molecule has 2 unspecified atom stereocenters. The topological polar surface area (TPSA) is 71.5 Å². The molecule has 1 aliphatic carbocycles. The number of nitrogens with zero attached hydrogens (tertiary/aromatic N) is 2. The van der Waals surface area contributed by atoms with E-state index in [0.29, 0.717) is 13.1 Å².